The highest BCUT2D eigenvalue weighted by Gasteiger charge is 2.22. The van der Waals surface area contributed by atoms with Crippen LogP contribution < -0.4 is 5.32 Å². The third-order valence-corrected chi connectivity index (χ3v) is 3.72. The van der Waals surface area contributed by atoms with Crippen LogP contribution in [0.1, 0.15) is 17.7 Å². The smallest absolute Gasteiger partial charge is 0.141 e. The minimum absolute atomic E-state index is 0.132. The van der Waals surface area contributed by atoms with Gasteiger partial charge in [-0.2, -0.15) is 0 Å². The molecule has 0 aromatic carbocycles. The van der Waals surface area contributed by atoms with Crippen molar-refractivity contribution in [3.8, 4) is 0 Å². The van der Waals surface area contributed by atoms with Gasteiger partial charge in [0.25, 0.3) is 0 Å². The Morgan fingerprint density at radius 3 is 2.87 bits per heavy atom. The lowest BCUT2D eigenvalue weighted by molar-refractivity contribution is -0.122. The quantitative estimate of drug-likeness (QED) is 0.855. The molecule has 82 valence electrons. The molecule has 4 heteroatoms. The summed E-state index contributed by atoms with van der Waals surface area (Å²) in [6.45, 7) is 1.81. The van der Waals surface area contributed by atoms with Gasteiger partial charge in [0.05, 0.1) is 0 Å². The molecule has 2 nitrogen and oxygen atoms in total. The molecule has 2 rings (SSSR count). The summed E-state index contributed by atoms with van der Waals surface area (Å²) in [5.74, 6) is 0.0906. The lowest BCUT2D eigenvalue weighted by Crippen LogP contribution is -2.32. The van der Waals surface area contributed by atoms with Crippen LogP contribution >= 0.6 is 11.3 Å². The standard InChI is InChI=1S/C11H14FNOS/c12-9-3-6-15-11(9)7-10(14)8-1-4-13-5-2-8/h3,6,8,13H,1-2,4-5,7H2. The summed E-state index contributed by atoms with van der Waals surface area (Å²) in [6.07, 6.45) is 2.06. The summed E-state index contributed by atoms with van der Waals surface area (Å²) < 4.78 is 13.1. The van der Waals surface area contributed by atoms with E-state index in [2.05, 4.69) is 5.32 Å². The van der Waals surface area contributed by atoms with E-state index in [0.717, 1.165) is 25.9 Å². The Labute approximate surface area is 92.5 Å². The average molecular weight is 227 g/mol. The molecule has 0 radical (unpaired) electrons. The van der Waals surface area contributed by atoms with Crippen LogP contribution in [-0.4, -0.2) is 18.9 Å². The maximum Gasteiger partial charge on any atom is 0.141 e. The van der Waals surface area contributed by atoms with Gasteiger partial charge in [-0.1, -0.05) is 0 Å². The van der Waals surface area contributed by atoms with E-state index in [1.807, 2.05) is 0 Å². The molecule has 1 N–H and O–H groups in total. The largest absolute Gasteiger partial charge is 0.317 e. The Bertz CT molecular complexity index is 344. The molecule has 2 heterocycles. The zero-order chi connectivity index (χ0) is 10.7. The summed E-state index contributed by atoms with van der Waals surface area (Å²) in [5.41, 5.74) is 0. The maximum atomic E-state index is 13.1. The number of Topliss-reactive ketones (excluding diaryl/α,β-unsaturated/α-hetero) is 1. The van der Waals surface area contributed by atoms with Gasteiger partial charge >= 0.3 is 0 Å². The number of carbonyl (C=O) groups is 1. The van der Waals surface area contributed by atoms with Crippen LogP contribution in [0.5, 0.6) is 0 Å². The van der Waals surface area contributed by atoms with Gasteiger partial charge < -0.3 is 5.32 Å². The number of halogens is 1. The van der Waals surface area contributed by atoms with Gasteiger partial charge in [-0.05, 0) is 37.4 Å². The van der Waals surface area contributed by atoms with Crippen LogP contribution in [-0.2, 0) is 11.2 Å². The zero-order valence-electron chi connectivity index (χ0n) is 8.46. The van der Waals surface area contributed by atoms with Crippen molar-refractivity contribution in [2.24, 2.45) is 5.92 Å². The number of hydrogen-bond acceptors (Lipinski definition) is 3. The summed E-state index contributed by atoms with van der Waals surface area (Å²) >= 11 is 1.33. The Hall–Kier alpha value is -0.740. The van der Waals surface area contributed by atoms with E-state index >= 15 is 0 Å². The van der Waals surface area contributed by atoms with Gasteiger partial charge in [-0.3, -0.25) is 4.79 Å². The molecule has 1 aromatic heterocycles. The number of thiophene rings is 1. The van der Waals surface area contributed by atoms with E-state index in [1.54, 1.807) is 5.38 Å². The van der Waals surface area contributed by atoms with Crippen molar-refractivity contribution in [1.82, 2.24) is 5.32 Å². The van der Waals surface area contributed by atoms with Gasteiger partial charge in [-0.25, -0.2) is 4.39 Å². The summed E-state index contributed by atoms with van der Waals surface area (Å²) in [7, 11) is 0. The van der Waals surface area contributed by atoms with E-state index in [9.17, 15) is 9.18 Å². The van der Waals surface area contributed by atoms with Crippen molar-refractivity contribution >= 4 is 17.1 Å². The molecule has 1 aliphatic rings. The van der Waals surface area contributed by atoms with E-state index in [1.165, 1.54) is 17.4 Å². The van der Waals surface area contributed by atoms with Crippen molar-refractivity contribution in [2.75, 3.05) is 13.1 Å². The predicted octanol–water partition coefficient (Wildman–Crippen LogP) is 2.00. The Kier molecular flexibility index (Phi) is 3.49. The van der Waals surface area contributed by atoms with Crippen molar-refractivity contribution in [1.29, 1.82) is 0 Å². The van der Waals surface area contributed by atoms with E-state index < -0.39 is 0 Å². The first-order valence-electron chi connectivity index (χ1n) is 5.22. The number of carbonyl (C=O) groups excluding carboxylic acids is 1. The first-order valence-corrected chi connectivity index (χ1v) is 6.10. The van der Waals surface area contributed by atoms with Crippen molar-refractivity contribution in [3.05, 3.63) is 22.1 Å². The molecule has 0 unspecified atom stereocenters. The average Bonchev–Trinajstić information content (AvgIpc) is 2.66. The molecule has 0 atom stereocenters. The Morgan fingerprint density at radius 2 is 2.27 bits per heavy atom. The fourth-order valence-corrected chi connectivity index (χ4v) is 2.66. The molecule has 0 saturated carbocycles. The van der Waals surface area contributed by atoms with Crippen LogP contribution in [0.15, 0.2) is 11.4 Å². The van der Waals surface area contributed by atoms with Crippen LogP contribution in [0.4, 0.5) is 4.39 Å². The predicted molar refractivity (Wildman–Crippen MR) is 58.6 cm³/mol. The van der Waals surface area contributed by atoms with Gasteiger partial charge in [0.15, 0.2) is 0 Å². The van der Waals surface area contributed by atoms with Crippen LogP contribution in [0, 0.1) is 11.7 Å². The minimum Gasteiger partial charge on any atom is -0.317 e. The summed E-state index contributed by atoms with van der Waals surface area (Å²) in [6, 6.07) is 1.43. The fourth-order valence-electron chi connectivity index (χ4n) is 1.90. The first kappa shape index (κ1) is 10.8. The molecule has 1 fully saturated rings. The van der Waals surface area contributed by atoms with Crippen LogP contribution in [0.3, 0.4) is 0 Å². The van der Waals surface area contributed by atoms with Crippen LogP contribution in [0.2, 0.25) is 0 Å². The van der Waals surface area contributed by atoms with Crippen LogP contribution in [0.25, 0.3) is 0 Å². The molecule has 0 amide bonds. The number of ketones is 1. The fraction of sp³-hybridized carbons (Fsp3) is 0.545. The molecule has 0 spiro atoms. The SMILES string of the molecule is O=C(Cc1sccc1F)C1CCNCC1. The van der Waals surface area contributed by atoms with E-state index in [-0.39, 0.29) is 23.9 Å². The normalized spacial score (nSPS) is 17.9. The monoisotopic (exact) mass is 227 g/mol. The van der Waals surface area contributed by atoms with Crippen molar-refractivity contribution < 1.29 is 9.18 Å². The second kappa shape index (κ2) is 4.86. The molecule has 1 aliphatic heterocycles. The Balaban J connectivity index is 1.94. The summed E-state index contributed by atoms with van der Waals surface area (Å²) in [5, 5.41) is 4.91. The lowest BCUT2D eigenvalue weighted by atomic mass is 9.91. The second-order valence-corrected chi connectivity index (χ2v) is 4.86. The zero-order valence-corrected chi connectivity index (χ0v) is 9.28. The second-order valence-electron chi connectivity index (χ2n) is 3.86. The van der Waals surface area contributed by atoms with E-state index in [0.29, 0.717) is 4.88 Å². The number of rotatable bonds is 3. The molecular weight excluding hydrogens is 213 g/mol. The van der Waals surface area contributed by atoms with Gasteiger partial charge in [0.1, 0.15) is 11.6 Å². The highest BCUT2D eigenvalue weighted by Crippen LogP contribution is 2.20. The number of hydrogen-bond donors (Lipinski definition) is 1. The first-order chi connectivity index (χ1) is 7.27. The molecular formula is C11H14FNOS. The number of piperidine rings is 1. The van der Waals surface area contributed by atoms with Gasteiger partial charge in [0.2, 0.25) is 0 Å². The molecule has 15 heavy (non-hydrogen) atoms. The summed E-state index contributed by atoms with van der Waals surface area (Å²) in [4.78, 5) is 12.4. The molecule has 0 bridgehead atoms. The van der Waals surface area contributed by atoms with Crippen molar-refractivity contribution in [2.45, 2.75) is 19.3 Å². The highest BCUT2D eigenvalue weighted by atomic mass is 32.1. The van der Waals surface area contributed by atoms with Crippen molar-refractivity contribution in [3.63, 3.8) is 0 Å². The maximum absolute atomic E-state index is 13.1. The highest BCUT2D eigenvalue weighted by molar-refractivity contribution is 7.10. The van der Waals surface area contributed by atoms with Gasteiger partial charge in [0, 0.05) is 17.2 Å². The number of nitrogens with one attached hydrogen (secondary N) is 1. The lowest BCUT2D eigenvalue weighted by Gasteiger charge is -2.21. The molecule has 0 aliphatic carbocycles. The topological polar surface area (TPSA) is 29.1 Å². The third kappa shape index (κ3) is 2.63. The molecule has 1 saturated heterocycles. The Morgan fingerprint density at radius 1 is 1.53 bits per heavy atom. The van der Waals surface area contributed by atoms with Gasteiger partial charge in [-0.15, -0.1) is 11.3 Å². The van der Waals surface area contributed by atoms with E-state index in [4.69, 9.17) is 0 Å². The molecule has 1 aromatic rings. The third-order valence-electron chi connectivity index (χ3n) is 2.82. The minimum atomic E-state index is -0.234.